The number of nitrogens with zero attached hydrogens (tertiary/aromatic N) is 26. The van der Waals surface area contributed by atoms with Gasteiger partial charge in [0, 0.05) is 69.4 Å². The molecule has 2 aliphatic heterocycles. The minimum Gasteiger partial charge on any atom is -0.382 e. The van der Waals surface area contributed by atoms with E-state index in [9.17, 15) is 0 Å². The van der Waals surface area contributed by atoms with E-state index in [1.54, 1.807) is 19.0 Å². The molecule has 0 spiro atoms. The Balaban J connectivity index is 0.000000146. The van der Waals surface area contributed by atoms with E-state index in [0.717, 1.165) is 67.6 Å². The molecule has 14 heterocycles. The number of nitrogens with two attached hydrogens (primary N) is 6. The van der Waals surface area contributed by atoms with Crippen LogP contribution in [0.1, 0.15) is 219 Å². The number of rotatable bonds is 9. The van der Waals surface area contributed by atoms with E-state index in [1.165, 1.54) is 12.8 Å². The highest BCUT2D eigenvalue weighted by Crippen LogP contribution is 2.41. The summed E-state index contributed by atoms with van der Waals surface area (Å²) in [4.78, 5) is 82.4. The highest BCUT2D eigenvalue weighted by molar-refractivity contribution is 5.86. The molecule has 612 valence electrons. The zero-order valence-electron chi connectivity index (χ0n) is 71.0. The van der Waals surface area contributed by atoms with Gasteiger partial charge in [0.15, 0.2) is 68.8 Å². The second-order valence-electron chi connectivity index (χ2n) is 36.2. The van der Waals surface area contributed by atoms with Gasteiger partial charge in [-0.25, -0.2) is 69.8 Å². The number of fused-ring (bicyclic) bond motifs is 6. The van der Waals surface area contributed by atoms with E-state index in [1.807, 2.05) is 32.7 Å². The summed E-state index contributed by atoms with van der Waals surface area (Å²) in [6, 6.07) is 0.957. The van der Waals surface area contributed by atoms with Gasteiger partial charge in [-0.05, 0) is 90.8 Å². The van der Waals surface area contributed by atoms with Crippen molar-refractivity contribution in [2.24, 2.45) is 32.5 Å². The summed E-state index contributed by atoms with van der Waals surface area (Å²) in [5, 5.41) is 0. The summed E-state index contributed by atoms with van der Waals surface area (Å²) in [6.07, 6.45) is 29.0. The highest BCUT2D eigenvalue weighted by Gasteiger charge is 2.32. The summed E-state index contributed by atoms with van der Waals surface area (Å²) >= 11 is 0. The van der Waals surface area contributed by atoms with Gasteiger partial charge in [0.05, 0.1) is 64.4 Å². The fraction of sp³-hybridized carbons (Fsp3) is 0.556. The topological polar surface area (TPSA) is 443 Å². The lowest BCUT2D eigenvalue weighted by Gasteiger charge is -2.29. The fourth-order valence-electron chi connectivity index (χ4n) is 12.3. The van der Waals surface area contributed by atoms with Crippen LogP contribution in [0.25, 0.3) is 67.0 Å². The number of hydrogen-bond acceptors (Lipinski definition) is 28. The maximum atomic E-state index is 6.10. The molecule has 34 heteroatoms. The van der Waals surface area contributed by atoms with Gasteiger partial charge in [-0.1, -0.05) is 125 Å². The van der Waals surface area contributed by atoms with Crippen molar-refractivity contribution < 1.29 is 9.47 Å². The molecule has 0 amide bonds. The Kier molecular flexibility index (Phi) is 25.2. The molecule has 12 aromatic heterocycles. The Morgan fingerprint density at radius 1 is 0.348 bits per heavy atom. The largest absolute Gasteiger partial charge is 0.382 e. The van der Waals surface area contributed by atoms with Crippen LogP contribution in [-0.4, -0.2) is 170 Å². The Morgan fingerprint density at radius 3 is 0.878 bits per heavy atom. The smallest absolute Gasteiger partial charge is 0.229 e. The second kappa shape index (κ2) is 33.8. The predicted octanol–water partition coefficient (Wildman–Crippen LogP) is 11.5. The number of morpholine rings is 2. The van der Waals surface area contributed by atoms with E-state index >= 15 is 0 Å². The van der Waals surface area contributed by atoms with E-state index in [4.69, 9.17) is 73.1 Å². The Morgan fingerprint density at radius 2 is 0.600 bits per heavy atom. The molecule has 115 heavy (non-hydrogen) atoms. The van der Waals surface area contributed by atoms with Crippen LogP contribution < -0.4 is 44.2 Å². The third-order valence-corrected chi connectivity index (χ3v) is 20.7. The normalized spacial score (nSPS) is 15.4. The van der Waals surface area contributed by atoms with E-state index in [0.29, 0.717) is 141 Å². The number of hydrogen-bond donors (Lipinski definition) is 6. The van der Waals surface area contributed by atoms with Gasteiger partial charge in [0.2, 0.25) is 29.4 Å². The average molecular weight is 1570 g/mol. The van der Waals surface area contributed by atoms with Gasteiger partial charge >= 0.3 is 0 Å². The van der Waals surface area contributed by atoms with Crippen LogP contribution in [0.15, 0.2) is 38.0 Å². The molecule has 12 aromatic rings. The zero-order chi connectivity index (χ0) is 84.4. The molecule has 1 saturated carbocycles. The maximum absolute atomic E-state index is 6.10. The molecule has 1 aliphatic carbocycles. The first-order chi connectivity index (χ1) is 53.8. The molecule has 0 aromatic carbocycles. The molecule has 3 aliphatic rings. The molecular formula is C81H116N32O2. The van der Waals surface area contributed by atoms with Crippen LogP contribution in [0.4, 0.5) is 46.8 Å². The first kappa shape index (κ1) is 85.7. The summed E-state index contributed by atoms with van der Waals surface area (Å²) in [5.41, 5.74) is 44.8. The van der Waals surface area contributed by atoms with Crippen molar-refractivity contribution in [3.63, 3.8) is 0 Å². The summed E-state index contributed by atoms with van der Waals surface area (Å²) < 4.78 is 23.0. The lowest BCUT2D eigenvalue weighted by molar-refractivity contribution is 0.122. The number of terminal acetylenes is 3. The lowest BCUT2D eigenvalue weighted by Crippen LogP contribution is -2.37. The number of anilines is 8. The van der Waals surface area contributed by atoms with Crippen molar-refractivity contribution in [2.45, 2.75) is 208 Å². The van der Waals surface area contributed by atoms with Gasteiger partial charge in [-0.3, -0.25) is 0 Å². The maximum Gasteiger partial charge on any atom is 0.229 e. The van der Waals surface area contributed by atoms with Gasteiger partial charge in [-0.2, -0.15) is 19.9 Å². The summed E-state index contributed by atoms with van der Waals surface area (Å²) in [6.45, 7) is 55.4. The van der Waals surface area contributed by atoms with Crippen LogP contribution in [0.5, 0.6) is 0 Å². The van der Waals surface area contributed by atoms with Crippen molar-refractivity contribution in [2.75, 3.05) is 96.8 Å². The second-order valence-corrected chi connectivity index (χ2v) is 36.2. The number of imidazole rings is 6. The van der Waals surface area contributed by atoms with Crippen molar-refractivity contribution in [1.82, 2.24) is 117 Å². The summed E-state index contributed by atoms with van der Waals surface area (Å²) in [5.74, 6) is 13.2. The molecule has 0 radical (unpaired) electrons. The van der Waals surface area contributed by atoms with Crippen LogP contribution in [0, 0.1) is 69.5 Å². The quantitative estimate of drug-likeness (QED) is 0.0731. The first-order valence-electron chi connectivity index (χ1n) is 38.8. The molecule has 0 unspecified atom stereocenters. The minimum atomic E-state index is 0.0870. The number of aromatic nitrogens is 24. The molecule has 12 N–H and O–H groups in total. The number of nitrogen functional groups attached to an aromatic ring is 6. The van der Waals surface area contributed by atoms with E-state index < -0.39 is 0 Å². The monoisotopic (exact) mass is 1570 g/mol. The Bertz CT molecular complexity index is 5310. The minimum absolute atomic E-state index is 0.0870. The van der Waals surface area contributed by atoms with Crippen molar-refractivity contribution in [3.8, 4) is 37.0 Å². The molecular weight excluding hydrogens is 1450 g/mol. The van der Waals surface area contributed by atoms with E-state index in [2.05, 4.69) is 273 Å². The van der Waals surface area contributed by atoms with E-state index in [-0.39, 0.29) is 56.7 Å². The van der Waals surface area contributed by atoms with Crippen LogP contribution in [0.2, 0.25) is 0 Å². The lowest BCUT2D eigenvalue weighted by atomic mass is 9.88. The Labute approximate surface area is 673 Å². The van der Waals surface area contributed by atoms with Crippen LogP contribution >= 0.6 is 0 Å². The first-order valence-corrected chi connectivity index (χ1v) is 38.8. The molecule has 3 fully saturated rings. The SMILES string of the molecule is C#Cc1nc(N)c2ncn(CC(C)(C)C)c2n1.C#Cc1nc(N)c2ncn([C@@H](C)C(C)(C)C)c2n1.C#Cc1nc(N)c2ncn([C@H](C)C(C)(C)C)c2n1.CC(C)(C)Cn1cnc2c(N)nc(C3CC3)nc21.C[C@@H](n1cnc2c(N)nc(N3CCOCC3)nc21)C(C)(C)C.C[C@H](n1cnc2c(N)nc(N3CCOCC3)nc21)C(C)(C)C. The van der Waals surface area contributed by atoms with Crippen molar-refractivity contribution in [3.05, 3.63) is 61.3 Å². The summed E-state index contributed by atoms with van der Waals surface area (Å²) in [7, 11) is 0. The van der Waals surface area contributed by atoms with Gasteiger partial charge < -0.3 is 81.1 Å². The van der Waals surface area contributed by atoms with Crippen molar-refractivity contribution in [1.29, 1.82) is 0 Å². The third kappa shape index (κ3) is 20.3. The fourth-order valence-corrected chi connectivity index (χ4v) is 12.3. The third-order valence-electron chi connectivity index (χ3n) is 20.7. The molecule has 4 atom stereocenters. The standard InChI is InChI=1S/2C15H24N6O.C13H19N5.2C13H17N5.C12H15N5/c2*1-10(15(2,3)4)21-9-17-11-12(16)18-14(19-13(11)21)20-5-7-22-8-6-20;1-13(2,3)6-18-7-15-9-10(14)16-11(8-4-5-8)17-12(9)18;2*1-6-9-16-11(14)10-12(17-9)18(7-15-10)8(2)13(3,4)5;1-5-8-15-10(13)9-11(16-8)17(7-14-9)6-12(2,3)4/h2*9-10H,5-8H2,1-4H3,(H2,16,18,19);7-8H,4-6H2,1-3H3,(H2,14,16,17);2*1,7-8H,2-5H3,(H2,14,16,17);1,7H,6H2,2-4H3,(H2,13,15,16)/t2*10-;;2*8-;/m10.10./s1. The highest BCUT2D eigenvalue weighted by atomic mass is 16.5. The molecule has 0 bridgehead atoms. The van der Waals surface area contributed by atoms with Crippen molar-refractivity contribution >= 4 is 114 Å². The average Bonchev–Trinajstić information content (AvgIpc) is 1.73. The van der Waals surface area contributed by atoms with Crippen LogP contribution in [0.3, 0.4) is 0 Å². The zero-order valence-corrected chi connectivity index (χ0v) is 71.0. The number of ether oxygens (including phenoxy) is 2. The van der Waals surface area contributed by atoms with Gasteiger partial charge in [0.1, 0.15) is 38.9 Å². The molecule has 2 saturated heterocycles. The van der Waals surface area contributed by atoms with Gasteiger partial charge in [0.25, 0.3) is 0 Å². The van der Waals surface area contributed by atoms with Gasteiger partial charge in [-0.15, -0.1) is 19.3 Å². The van der Waals surface area contributed by atoms with Crippen LogP contribution in [-0.2, 0) is 22.6 Å². The molecule has 15 rings (SSSR count). The predicted molar refractivity (Wildman–Crippen MR) is 456 cm³/mol. The molecule has 34 nitrogen and oxygen atoms in total. The Hall–Kier alpha value is -11.7.